The molecule has 0 aliphatic carbocycles. The molecule has 1 aliphatic rings. The van der Waals surface area contributed by atoms with E-state index in [2.05, 4.69) is 18.0 Å². The molecule has 26 heavy (non-hydrogen) atoms. The molecule has 1 aliphatic heterocycles. The Labute approximate surface area is 151 Å². The summed E-state index contributed by atoms with van der Waals surface area (Å²) in [6.45, 7) is 7.64. The van der Waals surface area contributed by atoms with E-state index in [1.807, 2.05) is 36.6 Å². The van der Waals surface area contributed by atoms with Crippen LogP contribution in [0.2, 0.25) is 0 Å². The molecule has 3 amide bonds. The van der Waals surface area contributed by atoms with E-state index in [-0.39, 0.29) is 18.1 Å². The molecule has 130 valence electrons. The number of nitriles is 1. The topological polar surface area (TPSA) is 78.1 Å². The molecule has 0 spiro atoms. The van der Waals surface area contributed by atoms with Gasteiger partial charge in [0.15, 0.2) is 0 Å². The number of urea groups is 1. The molecular weight excluding hydrogens is 328 g/mol. The first-order chi connectivity index (χ1) is 12.5. The second kappa shape index (κ2) is 6.73. The van der Waals surface area contributed by atoms with Crippen LogP contribution in [0.1, 0.15) is 22.5 Å². The first-order valence-corrected chi connectivity index (χ1v) is 8.11. The van der Waals surface area contributed by atoms with E-state index in [0.29, 0.717) is 5.56 Å². The normalized spacial score (nSPS) is 15.3. The molecule has 0 atom stereocenters. The van der Waals surface area contributed by atoms with Gasteiger partial charge >= 0.3 is 6.03 Å². The molecule has 0 unspecified atom stereocenters. The quantitative estimate of drug-likeness (QED) is 0.525. The van der Waals surface area contributed by atoms with Crippen molar-refractivity contribution < 1.29 is 9.59 Å². The van der Waals surface area contributed by atoms with Crippen LogP contribution in [0.15, 0.2) is 48.7 Å². The number of amides is 3. The van der Waals surface area contributed by atoms with Crippen molar-refractivity contribution in [1.82, 2.24) is 14.8 Å². The van der Waals surface area contributed by atoms with Gasteiger partial charge in [-0.1, -0.05) is 6.08 Å². The Balaban J connectivity index is 1.98. The van der Waals surface area contributed by atoms with Crippen LogP contribution >= 0.6 is 0 Å². The summed E-state index contributed by atoms with van der Waals surface area (Å²) in [5.41, 5.74) is 4.54. The van der Waals surface area contributed by atoms with Gasteiger partial charge in [0.2, 0.25) is 0 Å². The highest BCUT2D eigenvalue weighted by Gasteiger charge is 2.32. The van der Waals surface area contributed by atoms with Gasteiger partial charge in [-0.3, -0.25) is 9.69 Å². The second-order valence-corrected chi connectivity index (χ2v) is 6.01. The number of benzene rings is 1. The number of aromatic nitrogens is 1. The summed E-state index contributed by atoms with van der Waals surface area (Å²) in [7, 11) is 0. The fraction of sp³-hybridized carbons (Fsp3) is 0.150. The number of hydrogen-bond donors (Lipinski definition) is 1. The number of carbonyl (C=O) groups is 2. The summed E-state index contributed by atoms with van der Waals surface area (Å²) in [6, 6.07) is 10.9. The third-order valence-corrected chi connectivity index (χ3v) is 4.30. The summed E-state index contributed by atoms with van der Waals surface area (Å²) in [6.07, 6.45) is 3.20. The number of imide groups is 1. The molecule has 3 rings (SSSR count). The summed E-state index contributed by atoms with van der Waals surface area (Å²) in [5.74, 6) is -0.363. The summed E-state index contributed by atoms with van der Waals surface area (Å²) >= 11 is 0. The summed E-state index contributed by atoms with van der Waals surface area (Å²) in [4.78, 5) is 25.3. The number of hydrogen-bond acceptors (Lipinski definition) is 3. The maximum Gasteiger partial charge on any atom is 0.329 e. The standard InChI is InChI=1S/C20H18N4O2/c1-4-9-23-19(25)18(22-20(23)26)11-16-10-13(2)24(14(16)3)17-7-5-15(12-21)6-8-17/h4-8,10-11H,1,9H2,2-3H3,(H,22,26)/b18-11-. The van der Waals surface area contributed by atoms with Gasteiger partial charge in [0.1, 0.15) is 5.70 Å². The van der Waals surface area contributed by atoms with Gasteiger partial charge in [-0.2, -0.15) is 5.26 Å². The van der Waals surface area contributed by atoms with Gasteiger partial charge in [-0.15, -0.1) is 6.58 Å². The van der Waals surface area contributed by atoms with E-state index in [0.717, 1.165) is 27.5 Å². The monoisotopic (exact) mass is 346 g/mol. The molecule has 2 heterocycles. The number of nitrogens with zero attached hydrogens (tertiary/aromatic N) is 3. The van der Waals surface area contributed by atoms with Crippen LogP contribution in [0, 0.1) is 25.2 Å². The minimum absolute atomic E-state index is 0.173. The molecule has 1 aromatic carbocycles. The molecule has 0 radical (unpaired) electrons. The average Bonchev–Trinajstić information content (AvgIpc) is 3.05. The Hall–Kier alpha value is -3.59. The molecular formula is C20H18N4O2. The van der Waals surface area contributed by atoms with Crippen molar-refractivity contribution in [2.75, 3.05) is 6.54 Å². The van der Waals surface area contributed by atoms with Gasteiger partial charge in [-0.05, 0) is 55.8 Å². The highest BCUT2D eigenvalue weighted by molar-refractivity contribution is 6.14. The highest BCUT2D eigenvalue weighted by Crippen LogP contribution is 2.24. The Morgan fingerprint density at radius 3 is 2.54 bits per heavy atom. The largest absolute Gasteiger partial charge is 0.329 e. The lowest BCUT2D eigenvalue weighted by Crippen LogP contribution is -2.30. The van der Waals surface area contributed by atoms with Crippen molar-refractivity contribution in [3.05, 3.63) is 71.2 Å². The molecule has 1 aromatic heterocycles. The Morgan fingerprint density at radius 2 is 1.92 bits per heavy atom. The van der Waals surface area contributed by atoms with Crippen LogP contribution in [-0.4, -0.2) is 28.0 Å². The second-order valence-electron chi connectivity index (χ2n) is 6.01. The van der Waals surface area contributed by atoms with Gasteiger partial charge in [0.25, 0.3) is 5.91 Å². The fourth-order valence-corrected chi connectivity index (χ4v) is 3.04. The zero-order valence-corrected chi connectivity index (χ0v) is 14.6. The predicted octanol–water partition coefficient (Wildman–Crippen LogP) is 3.04. The van der Waals surface area contributed by atoms with Crippen LogP contribution in [0.25, 0.3) is 11.8 Å². The van der Waals surface area contributed by atoms with E-state index in [1.54, 1.807) is 18.2 Å². The zero-order chi connectivity index (χ0) is 18.8. The highest BCUT2D eigenvalue weighted by atomic mass is 16.2. The number of carbonyl (C=O) groups excluding carboxylic acids is 2. The van der Waals surface area contributed by atoms with Crippen molar-refractivity contribution in [2.24, 2.45) is 0 Å². The number of aryl methyl sites for hydroxylation is 1. The fourth-order valence-electron chi connectivity index (χ4n) is 3.04. The maximum atomic E-state index is 12.3. The van der Waals surface area contributed by atoms with Crippen molar-refractivity contribution in [3.8, 4) is 11.8 Å². The third-order valence-electron chi connectivity index (χ3n) is 4.30. The van der Waals surface area contributed by atoms with Crippen LogP contribution in [-0.2, 0) is 4.79 Å². The van der Waals surface area contributed by atoms with E-state index in [4.69, 9.17) is 5.26 Å². The summed E-state index contributed by atoms with van der Waals surface area (Å²) in [5, 5.41) is 11.5. The SMILES string of the molecule is C=CCN1C(=O)N/C(=C\c2cc(C)n(-c3ccc(C#N)cc3)c2C)C1=O. The van der Waals surface area contributed by atoms with E-state index < -0.39 is 6.03 Å². The van der Waals surface area contributed by atoms with Crippen molar-refractivity contribution in [1.29, 1.82) is 5.26 Å². The molecule has 6 heteroatoms. The Kier molecular flexibility index (Phi) is 4.46. The van der Waals surface area contributed by atoms with E-state index >= 15 is 0 Å². The van der Waals surface area contributed by atoms with Crippen molar-refractivity contribution in [3.63, 3.8) is 0 Å². The van der Waals surface area contributed by atoms with E-state index in [1.165, 1.54) is 6.08 Å². The predicted molar refractivity (Wildman–Crippen MR) is 98.4 cm³/mol. The van der Waals surface area contributed by atoms with Crippen LogP contribution in [0.4, 0.5) is 4.79 Å². The summed E-state index contributed by atoms with van der Waals surface area (Å²) < 4.78 is 2.04. The van der Waals surface area contributed by atoms with Gasteiger partial charge in [0.05, 0.1) is 11.6 Å². The average molecular weight is 346 g/mol. The minimum Gasteiger partial charge on any atom is -0.318 e. The van der Waals surface area contributed by atoms with Gasteiger partial charge in [-0.25, -0.2) is 4.79 Å². The van der Waals surface area contributed by atoms with Crippen molar-refractivity contribution in [2.45, 2.75) is 13.8 Å². The lowest BCUT2D eigenvalue weighted by Gasteiger charge is -2.09. The third kappa shape index (κ3) is 2.91. The van der Waals surface area contributed by atoms with Gasteiger partial charge in [0, 0.05) is 23.6 Å². The van der Waals surface area contributed by atoms with Crippen LogP contribution in [0.3, 0.4) is 0 Å². The number of rotatable bonds is 4. The lowest BCUT2D eigenvalue weighted by molar-refractivity contribution is -0.122. The van der Waals surface area contributed by atoms with Crippen LogP contribution < -0.4 is 5.32 Å². The maximum absolute atomic E-state index is 12.3. The number of nitrogens with one attached hydrogen (secondary N) is 1. The molecule has 6 nitrogen and oxygen atoms in total. The first-order valence-electron chi connectivity index (χ1n) is 8.11. The molecule has 1 N–H and O–H groups in total. The minimum atomic E-state index is -0.443. The molecule has 2 aromatic rings. The lowest BCUT2D eigenvalue weighted by atomic mass is 10.2. The smallest absolute Gasteiger partial charge is 0.318 e. The molecule has 1 fully saturated rings. The molecule has 0 bridgehead atoms. The van der Waals surface area contributed by atoms with Crippen molar-refractivity contribution >= 4 is 18.0 Å². The zero-order valence-electron chi connectivity index (χ0n) is 14.6. The van der Waals surface area contributed by atoms with Gasteiger partial charge < -0.3 is 9.88 Å². The molecule has 1 saturated heterocycles. The Morgan fingerprint density at radius 1 is 1.23 bits per heavy atom. The molecule has 0 saturated carbocycles. The van der Waals surface area contributed by atoms with E-state index in [9.17, 15) is 9.59 Å². The first kappa shape index (κ1) is 17.2. The van der Waals surface area contributed by atoms with Crippen LogP contribution in [0.5, 0.6) is 0 Å². The Bertz CT molecular complexity index is 974.